The van der Waals surface area contributed by atoms with Crippen LogP contribution in [0.4, 0.5) is 0 Å². The molecule has 41 heavy (non-hydrogen) atoms. The van der Waals surface area contributed by atoms with E-state index in [0.717, 1.165) is 49.9 Å². The van der Waals surface area contributed by atoms with Gasteiger partial charge in [0.15, 0.2) is 11.4 Å². The first-order valence-electron chi connectivity index (χ1n) is 13.7. The van der Waals surface area contributed by atoms with Gasteiger partial charge in [0.25, 0.3) is 0 Å². The summed E-state index contributed by atoms with van der Waals surface area (Å²) < 4.78 is 6.15. The van der Waals surface area contributed by atoms with Crippen molar-refractivity contribution in [1.82, 2.24) is 10.3 Å². The molecule has 2 aliphatic rings. The summed E-state index contributed by atoms with van der Waals surface area (Å²) in [7, 11) is 0. The summed E-state index contributed by atoms with van der Waals surface area (Å²) in [5, 5.41) is 8.04. The van der Waals surface area contributed by atoms with Gasteiger partial charge in [0.1, 0.15) is 17.6 Å². The number of benzene rings is 5. The predicted octanol–water partition coefficient (Wildman–Crippen LogP) is 8.28. The maximum Gasteiger partial charge on any atom is 0.160 e. The summed E-state index contributed by atoms with van der Waals surface area (Å²) in [6, 6.07) is 37.9. The number of pyridine rings is 1. The Morgan fingerprint density at radius 3 is 2.12 bits per heavy atom. The molecule has 1 atom stereocenters. The highest BCUT2D eigenvalue weighted by atomic mass is 16.3. The lowest BCUT2D eigenvalue weighted by Crippen LogP contribution is -2.33. The minimum atomic E-state index is -0.313. The smallest absolute Gasteiger partial charge is 0.160 e. The molecule has 9 rings (SSSR count). The Balaban J connectivity index is 1.29. The Kier molecular flexibility index (Phi) is 4.61. The molecule has 2 aromatic heterocycles. The van der Waals surface area contributed by atoms with Crippen LogP contribution in [0.5, 0.6) is 0 Å². The van der Waals surface area contributed by atoms with E-state index >= 15 is 0 Å². The van der Waals surface area contributed by atoms with Crippen molar-refractivity contribution in [2.24, 2.45) is 9.98 Å². The number of nitrogens with zero attached hydrogens (tertiary/aromatic N) is 3. The fourth-order valence-electron chi connectivity index (χ4n) is 6.37. The lowest BCUT2D eigenvalue weighted by atomic mass is 9.97. The number of fused-ring (bicyclic) bond motifs is 6. The zero-order chi connectivity index (χ0) is 26.9. The molecule has 1 aliphatic heterocycles. The van der Waals surface area contributed by atoms with Crippen LogP contribution in [0.25, 0.3) is 55.0 Å². The van der Waals surface area contributed by atoms with Crippen LogP contribution in [0.3, 0.4) is 0 Å². The van der Waals surface area contributed by atoms with Crippen LogP contribution in [-0.2, 0) is 0 Å². The fraction of sp³-hybridized carbons (Fsp3) is 0.0278. The number of aromatic nitrogens is 1. The molecule has 0 amide bonds. The number of amidine groups is 2. The quantitative estimate of drug-likeness (QED) is 0.252. The first-order valence-corrected chi connectivity index (χ1v) is 13.7. The number of nitrogens with one attached hydrogen (secondary N) is 1. The van der Waals surface area contributed by atoms with Crippen molar-refractivity contribution in [3.05, 3.63) is 138 Å². The normalized spacial score (nSPS) is 15.6. The third-order valence-corrected chi connectivity index (χ3v) is 8.19. The molecule has 1 N–H and O–H groups in total. The van der Waals surface area contributed by atoms with Gasteiger partial charge in [-0.2, -0.15) is 0 Å². The average Bonchev–Trinajstić information content (AvgIpc) is 3.59. The summed E-state index contributed by atoms with van der Waals surface area (Å²) in [5.41, 5.74) is 9.58. The van der Waals surface area contributed by atoms with Gasteiger partial charge in [-0.3, -0.25) is 4.98 Å². The molecule has 7 aromatic rings. The molecule has 0 saturated carbocycles. The van der Waals surface area contributed by atoms with E-state index in [1.165, 1.54) is 27.6 Å². The van der Waals surface area contributed by atoms with E-state index in [-0.39, 0.29) is 6.17 Å². The van der Waals surface area contributed by atoms with Gasteiger partial charge >= 0.3 is 0 Å². The van der Waals surface area contributed by atoms with E-state index in [1.807, 2.05) is 42.6 Å². The Morgan fingerprint density at radius 1 is 0.537 bits per heavy atom. The number of rotatable bonds is 3. The number of para-hydroxylation sites is 1. The molecule has 0 spiro atoms. The summed E-state index contributed by atoms with van der Waals surface area (Å²) in [4.78, 5) is 14.9. The Bertz CT molecular complexity index is 2210. The van der Waals surface area contributed by atoms with Crippen molar-refractivity contribution >= 4 is 44.4 Å². The van der Waals surface area contributed by atoms with Gasteiger partial charge in [-0.1, -0.05) is 97.1 Å². The third kappa shape index (κ3) is 3.26. The molecular weight excluding hydrogens is 504 g/mol. The van der Waals surface area contributed by atoms with Gasteiger partial charge in [-0.25, -0.2) is 9.98 Å². The predicted molar refractivity (Wildman–Crippen MR) is 165 cm³/mol. The van der Waals surface area contributed by atoms with Crippen molar-refractivity contribution in [1.29, 1.82) is 0 Å². The number of hydrogen-bond acceptors (Lipinski definition) is 5. The lowest BCUT2D eigenvalue weighted by molar-refractivity contribution is 0.665. The third-order valence-electron chi connectivity index (χ3n) is 8.19. The zero-order valence-electron chi connectivity index (χ0n) is 21.9. The molecule has 0 bridgehead atoms. The van der Waals surface area contributed by atoms with E-state index in [4.69, 9.17) is 14.4 Å². The van der Waals surface area contributed by atoms with Crippen molar-refractivity contribution in [2.75, 3.05) is 0 Å². The van der Waals surface area contributed by atoms with Crippen LogP contribution in [-0.4, -0.2) is 16.7 Å². The standard InChI is InChI=1S/C36H22N4O/c1-2-9-21(10-3-1)34-38-35(27-18-17-26-23-12-5-4-11-22(23)24-14-8-15-25(27)32(24)26)40-36(39-34)29-19-37-20-31-33(29)28-13-6-7-16-30(28)41-31/h1-20,34H,(H,38,39,40). The first kappa shape index (κ1) is 22.3. The molecule has 5 nitrogen and oxygen atoms in total. The highest BCUT2D eigenvalue weighted by Gasteiger charge is 2.27. The lowest BCUT2D eigenvalue weighted by Gasteiger charge is -2.24. The SMILES string of the molecule is c1ccc(C2N=C(c3ccc4c5c(cccc35)-c3ccccc3-4)N=C(c3cncc4oc5ccccc5c34)N2)cc1. The van der Waals surface area contributed by atoms with Crippen molar-refractivity contribution in [3.63, 3.8) is 0 Å². The minimum Gasteiger partial charge on any atom is -0.454 e. The number of hydrogen-bond donors (Lipinski definition) is 1. The average molecular weight is 527 g/mol. The van der Waals surface area contributed by atoms with Crippen LogP contribution in [0.1, 0.15) is 22.9 Å². The molecule has 1 aliphatic carbocycles. The largest absolute Gasteiger partial charge is 0.454 e. The molecule has 5 aromatic carbocycles. The van der Waals surface area contributed by atoms with Crippen LogP contribution >= 0.6 is 0 Å². The molecular formula is C36H22N4O. The van der Waals surface area contributed by atoms with Gasteiger partial charge in [0.2, 0.25) is 0 Å². The van der Waals surface area contributed by atoms with Crippen LogP contribution < -0.4 is 5.32 Å². The highest BCUT2D eigenvalue weighted by Crippen LogP contribution is 2.48. The molecule has 0 radical (unpaired) electrons. The summed E-state index contributed by atoms with van der Waals surface area (Å²) in [5.74, 6) is 1.41. The van der Waals surface area contributed by atoms with Crippen molar-refractivity contribution in [3.8, 4) is 22.3 Å². The maximum absolute atomic E-state index is 6.15. The van der Waals surface area contributed by atoms with Gasteiger partial charge in [0.05, 0.1) is 6.20 Å². The highest BCUT2D eigenvalue weighted by molar-refractivity contribution is 6.25. The van der Waals surface area contributed by atoms with Crippen LogP contribution in [0, 0.1) is 0 Å². The summed E-state index contributed by atoms with van der Waals surface area (Å²) in [6.45, 7) is 0. The summed E-state index contributed by atoms with van der Waals surface area (Å²) in [6.07, 6.45) is 3.32. The minimum absolute atomic E-state index is 0.313. The monoisotopic (exact) mass is 526 g/mol. The molecule has 0 saturated heterocycles. The zero-order valence-corrected chi connectivity index (χ0v) is 21.9. The Hall–Kier alpha value is -5.55. The van der Waals surface area contributed by atoms with Crippen molar-refractivity contribution in [2.45, 2.75) is 6.17 Å². The molecule has 3 heterocycles. The second kappa shape index (κ2) is 8.47. The maximum atomic E-state index is 6.15. The first-order chi connectivity index (χ1) is 20.3. The summed E-state index contributed by atoms with van der Waals surface area (Å²) >= 11 is 0. The molecule has 5 heteroatoms. The Morgan fingerprint density at radius 2 is 1.24 bits per heavy atom. The van der Waals surface area contributed by atoms with Gasteiger partial charge < -0.3 is 9.73 Å². The van der Waals surface area contributed by atoms with Gasteiger partial charge in [0, 0.05) is 28.1 Å². The fourth-order valence-corrected chi connectivity index (χ4v) is 6.37. The molecule has 192 valence electrons. The number of furan rings is 1. The topological polar surface area (TPSA) is 62.8 Å². The van der Waals surface area contributed by atoms with Crippen LogP contribution in [0.2, 0.25) is 0 Å². The van der Waals surface area contributed by atoms with Gasteiger partial charge in [-0.15, -0.1) is 0 Å². The van der Waals surface area contributed by atoms with Crippen molar-refractivity contribution < 1.29 is 4.42 Å². The Labute approximate surface area is 235 Å². The van der Waals surface area contributed by atoms with E-state index < -0.39 is 0 Å². The molecule has 0 fully saturated rings. The second-order valence-electron chi connectivity index (χ2n) is 10.5. The van der Waals surface area contributed by atoms with Gasteiger partial charge in [-0.05, 0) is 50.7 Å². The van der Waals surface area contributed by atoms with E-state index in [0.29, 0.717) is 5.84 Å². The second-order valence-corrected chi connectivity index (χ2v) is 10.5. The van der Waals surface area contributed by atoms with E-state index in [1.54, 1.807) is 6.20 Å². The van der Waals surface area contributed by atoms with Crippen LogP contribution in [0.15, 0.2) is 136 Å². The van der Waals surface area contributed by atoms with E-state index in [9.17, 15) is 0 Å². The molecule has 1 unspecified atom stereocenters. The number of aliphatic imine (C=N–C) groups is 2. The van der Waals surface area contributed by atoms with E-state index in [2.05, 4.69) is 83.1 Å².